The Morgan fingerprint density at radius 3 is 2.52 bits per heavy atom. The number of fused-ring (bicyclic) bond motifs is 1. The maximum atomic E-state index is 10.1. The van der Waals surface area contributed by atoms with Crippen LogP contribution < -0.4 is 10.6 Å². The van der Waals surface area contributed by atoms with E-state index in [1.807, 2.05) is 19.1 Å². The number of hydrogen-bond donors (Lipinski definition) is 4. The van der Waals surface area contributed by atoms with E-state index in [1.54, 1.807) is 7.11 Å². The molecule has 27 heavy (non-hydrogen) atoms. The molecule has 0 spiro atoms. The fraction of sp³-hybridized carbons (Fsp3) is 0.526. The molecule has 0 amide bonds. The molecule has 4 rings (SSSR count). The van der Waals surface area contributed by atoms with Crippen molar-refractivity contribution in [3.63, 3.8) is 0 Å². The molecule has 1 aromatic heterocycles. The molecule has 2 aliphatic rings. The largest absolute Gasteiger partial charge is 0.390 e. The molecule has 0 bridgehead atoms. The normalized spacial score (nSPS) is 32.3. The summed E-state index contributed by atoms with van der Waals surface area (Å²) in [6.45, 7) is 1.92. The van der Waals surface area contributed by atoms with Crippen LogP contribution in [-0.4, -0.2) is 56.6 Å². The van der Waals surface area contributed by atoms with Gasteiger partial charge in [0.2, 0.25) is 11.9 Å². The van der Waals surface area contributed by atoms with E-state index in [-0.39, 0.29) is 24.1 Å². The van der Waals surface area contributed by atoms with Gasteiger partial charge in [-0.1, -0.05) is 31.2 Å². The smallest absolute Gasteiger partial charge is 0.228 e. The molecule has 2 aliphatic carbocycles. The highest BCUT2D eigenvalue weighted by molar-refractivity contribution is 5.44. The van der Waals surface area contributed by atoms with Crippen LogP contribution in [0.15, 0.2) is 30.6 Å². The highest BCUT2D eigenvalue weighted by Crippen LogP contribution is 2.35. The van der Waals surface area contributed by atoms with Gasteiger partial charge in [-0.3, -0.25) is 0 Å². The molecule has 8 nitrogen and oxygen atoms in total. The van der Waals surface area contributed by atoms with E-state index in [0.717, 1.165) is 6.42 Å². The van der Waals surface area contributed by atoms with E-state index >= 15 is 0 Å². The lowest BCUT2D eigenvalue weighted by molar-refractivity contribution is 0.0210. The number of ether oxygens (including phenoxy) is 1. The molecule has 2 aromatic rings. The van der Waals surface area contributed by atoms with Gasteiger partial charge in [0.05, 0.1) is 24.3 Å². The maximum Gasteiger partial charge on any atom is 0.228 e. The number of hydrogen-bond acceptors (Lipinski definition) is 8. The SMILES string of the molecule is CO[C@H]1Cc2ccccc2[C@H]1Nc1ncnc(N[C@@H]2C[C@@H](C)[C@@H](O)[C@H]2O)n1. The number of aliphatic hydroxyl groups is 2. The van der Waals surface area contributed by atoms with Crippen molar-refractivity contribution >= 4 is 11.9 Å². The standard InChI is InChI=1S/C19H25N5O3/c1-10-7-13(17(26)16(10)25)22-18-20-9-21-19(24-18)23-15-12-6-4-3-5-11(12)8-14(15)27-2/h3-6,9-10,13-17,25-26H,7-8H2,1-2H3,(H2,20,21,22,23,24)/t10-,13-,14+,15-,16-,17+/m1/s1. The number of anilines is 2. The minimum absolute atomic E-state index is 0.00299. The Labute approximate surface area is 158 Å². The molecule has 1 aromatic carbocycles. The summed E-state index contributed by atoms with van der Waals surface area (Å²) in [7, 11) is 1.71. The van der Waals surface area contributed by atoms with Crippen LogP contribution in [0.2, 0.25) is 0 Å². The molecular formula is C19H25N5O3. The van der Waals surface area contributed by atoms with Crippen LogP contribution in [0.25, 0.3) is 0 Å². The fourth-order valence-corrected chi connectivity index (χ4v) is 4.09. The fourth-order valence-electron chi connectivity index (χ4n) is 4.09. The summed E-state index contributed by atoms with van der Waals surface area (Å²) in [5.74, 6) is 0.838. The van der Waals surface area contributed by atoms with Gasteiger partial charge in [0.25, 0.3) is 0 Å². The van der Waals surface area contributed by atoms with Crippen molar-refractivity contribution in [3.8, 4) is 0 Å². The summed E-state index contributed by atoms with van der Waals surface area (Å²) in [6.07, 6.45) is 1.35. The summed E-state index contributed by atoms with van der Waals surface area (Å²) in [5, 5.41) is 26.6. The Hall–Kier alpha value is -2.29. The van der Waals surface area contributed by atoms with Gasteiger partial charge in [-0.2, -0.15) is 4.98 Å². The Kier molecular flexibility index (Phi) is 4.94. The van der Waals surface area contributed by atoms with Crippen LogP contribution in [0.1, 0.15) is 30.5 Å². The molecule has 1 heterocycles. The molecule has 1 saturated carbocycles. The monoisotopic (exact) mass is 371 g/mol. The maximum absolute atomic E-state index is 10.1. The number of nitrogens with zero attached hydrogens (tertiary/aromatic N) is 3. The third-order valence-corrected chi connectivity index (χ3v) is 5.63. The molecule has 1 fully saturated rings. The Bertz CT molecular complexity index is 804. The molecular weight excluding hydrogens is 346 g/mol. The zero-order chi connectivity index (χ0) is 19.0. The molecule has 8 heteroatoms. The Morgan fingerprint density at radius 1 is 1.07 bits per heavy atom. The third-order valence-electron chi connectivity index (χ3n) is 5.63. The highest BCUT2D eigenvalue weighted by Gasteiger charge is 2.39. The van der Waals surface area contributed by atoms with Crippen LogP contribution >= 0.6 is 0 Å². The van der Waals surface area contributed by atoms with Gasteiger partial charge in [0, 0.05) is 13.5 Å². The summed E-state index contributed by atoms with van der Waals surface area (Å²) in [5.41, 5.74) is 2.44. The first kappa shape index (κ1) is 18.1. The van der Waals surface area contributed by atoms with E-state index in [9.17, 15) is 10.2 Å². The number of methoxy groups -OCH3 is 1. The van der Waals surface area contributed by atoms with Crippen LogP contribution in [0.4, 0.5) is 11.9 Å². The van der Waals surface area contributed by atoms with E-state index in [2.05, 4.69) is 37.7 Å². The first-order chi connectivity index (χ1) is 13.1. The van der Waals surface area contributed by atoms with Gasteiger partial charge in [-0.15, -0.1) is 0 Å². The number of benzene rings is 1. The molecule has 0 saturated heterocycles. The Morgan fingerprint density at radius 2 is 1.81 bits per heavy atom. The van der Waals surface area contributed by atoms with Gasteiger partial charge in [0.15, 0.2) is 0 Å². The Balaban J connectivity index is 1.50. The minimum atomic E-state index is -0.840. The zero-order valence-electron chi connectivity index (χ0n) is 15.4. The van der Waals surface area contributed by atoms with Crippen LogP contribution in [-0.2, 0) is 11.2 Å². The summed E-state index contributed by atoms with van der Waals surface area (Å²) in [4.78, 5) is 12.8. The van der Waals surface area contributed by atoms with Crippen molar-refractivity contribution in [3.05, 3.63) is 41.7 Å². The second-order valence-electron chi connectivity index (χ2n) is 7.38. The first-order valence-corrected chi connectivity index (χ1v) is 9.25. The lowest BCUT2D eigenvalue weighted by Gasteiger charge is -2.21. The van der Waals surface area contributed by atoms with Crippen molar-refractivity contribution in [2.75, 3.05) is 17.7 Å². The summed E-state index contributed by atoms with van der Waals surface area (Å²) < 4.78 is 5.64. The summed E-state index contributed by atoms with van der Waals surface area (Å²) >= 11 is 0. The van der Waals surface area contributed by atoms with E-state index < -0.39 is 12.2 Å². The number of aromatic nitrogens is 3. The molecule has 0 radical (unpaired) electrons. The number of aliphatic hydroxyl groups excluding tert-OH is 2. The van der Waals surface area contributed by atoms with E-state index in [0.29, 0.717) is 18.3 Å². The molecule has 144 valence electrons. The van der Waals surface area contributed by atoms with Crippen LogP contribution in [0, 0.1) is 5.92 Å². The van der Waals surface area contributed by atoms with Gasteiger partial charge in [-0.25, -0.2) is 9.97 Å². The van der Waals surface area contributed by atoms with Crippen molar-refractivity contribution in [1.29, 1.82) is 0 Å². The molecule has 0 aliphatic heterocycles. The van der Waals surface area contributed by atoms with Crippen molar-refractivity contribution in [1.82, 2.24) is 15.0 Å². The minimum Gasteiger partial charge on any atom is -0.390 e. The first-order valence-electron chi connectivity index (χ1n) is 9.25. The van der Waals surface area contributed by atoms with Crippen LogP contribution in [0.3, 0.4) is 0 Å². The molecule has 0 unspecified atom stereocenters. The zero-order valence-corrected chi connectivity index (χ0v) is 15.4. The highest BCUT2D eigenvalue weighted by atomic mass is 16.5. The van der Waals surface area contributed by atoms with E-state index in [1.165, 1.54) is 17.5 Å². The second-order valence-corrected chi connectivity index (χ2v) is 7.38. The predicted octanol–water partition coefficient (Wildman–Crippen LogP) is 1.14. The predicted molar refractivity (Wildman–Crippen MR) is 100 cm³/mol. The average molecular weight is 371 g/mol. The molecule has 4 N–H and O–H groups in total. The lowest BCUT2D eigenvalue weighted by Crippen LogP contribution is -2.35. The third kappa shape index (κ3) is 3.47. The van der Waals surface area contributed by atoms with Gasteiger partial charge < -0.3 is 25.6 Å². The molecule has 6 atom stereocenters. The number of nitrogens with one attached hydrogen (secondary N) is 2. The van der Waals surface area contributed by atoms with Crippen molar-refractivity contribution in [2.45, 2.75) is 50.2 Å². The van der Waals surface area contributed by atoms with E-state index in [4.69, 9.17) is 4.74 Å². The second kappa shape index (κ2) is 7.38. The summed E-state index contributed by atoms with van der Waals surface area (Å²) in [6, 6.07) is 7.91. The number of rotatable bonds is 5. The van der Waals surface area contributed by atoms with Gasteiger partial charge in [0.1, 0.15) is 12.4 Å². The lowest BCUT2D eigenvalue weighted by atomic mass is 10.1. The van der Waals surface area contributed by atoms with Gasteiger partial charge in [-0.05, 0) is 23.5 Å². The van der Waals surface area contributed by atoms with Crippen molar-refractivity contribution in [2.24, 2.45) is 5.92 Å². The quantitative estimate of drug-likeness (QED) is 0.619. The topological polar surface area (TPSA) is 112 Å². The average Bonchev–Trinajstić information content (AvgIpc) is 3.15. The van der Waals surface area contributed by atoms with Crippen LogP contribution in [0.5, 0.6) is 0 Å². The van der Waals surface area contributed by atoms with Gasteiger partial charge >= 0.3 is 0 Å². The van der Waals surface area contributed by atoms with Crippen molar-refractivity contribution < 1.29 is 14.9 Å².